The largest absolute Gasteiger partial charge is 0.411 e. The van der Waals surface area contributed by atoms with Crippen LogP contribution in [0.4, 0.5) is 13.2 Å². The van der Waals surface area contributed by atoms with Gasteiger partial charge in [0.2, 0.25) is 0 Å². The van der Waals surface area contributed by atoms with Gasteiger partial charge in [-0.3, -0.25) is 0 Å². The zero-order valence-electron chi connectivity index (χ0n) is 8.62. The zero-order valence-corrected chi connectivity index (χ0v) is 10.2. The van der Waals surface area contributed by atoms with Crippen molar-refractivity contribution in [1.82, 2.24) is 0 Å². The Labute approximate surface area is 91.1 Å². The first-order valence-corrected chi connectivity index (χ1v) is 5.49. The first-order valence-electron chi connectivity index (χ1n) is 4.37. The van der Waals surface area contributed by atoms with Gasteiger partial charge in [0, 0.05) is 5.33 Å². The standard InChI is InChI=1S/C9H16BrF3O/c1-8(2,3)7(4-10)5-14-6-9(11,12)13/h7H,4-6H2,1-3H3. The first-order chi connectivity index (χ1) is 6.17. The van der Waals surface area contributed by atoms with Gasteiger partial charge in [-0.1, -0.05) is 36.7 Å². The zero-order chi connectivity index (χ0) is 11.4. The van der Waals surface area contributed by atoms with E-state index < -0.39 is 12.8 Å². The SMILES string of the molecule is CC(C)(C)C(CBr)COCC(F)(F)F. The van der Waals surface area contributed by atoms with Gasteiger partial charge in [0.15, 0.2) is 0 Å². The molecule has 0 radical (unpaired) electrons. The fourth-order valence-electron chi connectivity index (χ4n) is 0.843. The monoisotopic (exact) mass is 276 g/mol. The van der Waals surface area contributed by atoms with Gasteiger partial charge in [-0.25, -0.2) is 0 Å². The van der Waals surface area contributed by atoms with Crippen molar-refractivity contribution in [1.29, 1.82) is 0 Å². The van der Waals surface area contributed by atoms with Crippen molar-refractivity contribution in [3.8, 4) is 0 Å². The van der Waals surface area contributed by atoms with Gasteiger partial charge in [-0.2, -0.15) is 13.2 Å². The normalized spacial score (nSPS) is 15.6. The van der Waals surface area contributed by atoms with Crippen LogP contribution in [-0.4, -0.2) is 24.7 Å². The van der Waals surface area contributed by atoms with Gasteiger partial charge < -0.3 is 4.74 Å². The molecule has 5 heteroatoms. The molecule has 0 amide bonds. The van der Waals surface area contributed by atoms with Crippen molar-refractivity contribution in [2.45, 2.75) is 26.9 Å². The Hall–Kier alpha value is 0.230. The average molecular weight is 277 g/mol. The topological polar surface area (TPSA) is 9.23 Å². The molecule has 0 saturated heterocycles. The third-order valence-electron chi connectivity index (χ3n) is 2.00. The molecule has 0 aromatic carbocycles. The lowest BCUT2D eigenvalue weighted by Gasteiger charge is -2.28. The molecular weight excluding hydrogens is 261 g/mol. The van der Waals surface area contributed by atoms with Crippen molar-refractivity contribution >= 4 is 15.9 Å². The van der Waals surface area contributed by atoms with Gasteiger partial charge in [-0.05, 0) is 11.3 Å². The number of hydrogen-bond donors (Lipinski definition) is 0. The molecule has 0 saturated carbocycles. The summed E-state index contributed by atoms with van der Waals surface area (Å²) in [6, 6.07) is 0. The lowest BCUT2D eigenvalue weighted by molar-refractivity contribution is -0.178. The van der Waals surface area contributed by atoms with Crippen LogP contribution in [0.2, 0.25) is 0 Å². The summed E-state index contributed by atoms with van der Waals surface area (Å²) in [4.78, 5) is 0. The van der Waals surface area contributed by atoms with Crippen molar-refractivity contribution in [3.63, 3.8) is 0 Å². The van der Waals surface area contributed by atoms with Crippen LogP contribution in [0.25, 0.3) is 0 Å². The molecule has 0 bridgehead atoms. The van der Waals surface area contributed by atoms with Gasteiger partial charge in [0.1, 0.15) is 6.61 Å². The smallest absolute Gasteiger partial charge is 0.372 e. The molecular formula is C9H16BrF3O. The van der Waals surface area contributed by atoms with E-state index in [0.29, 0.717) is 5.33 Å². The molecule has 0 heterocycles. The highest BCUT2D eigenvalue weighted by Gasteiger charge is 2.29. The number of hydrogen-bond acceptors (Lipinski definition) is 1. The first kappa shape index (κ1) is 14.2. The van der Waals surface area contributed by atoms with E-state index in [1.807, 2.05) is 20.8 Å². The predicted octanol–water partition coefficient (Wildman–Crippen LogP) is 3.62. The number of halogens is 4. The molecule has 1 atom stereocenters. The van der Waals surface area contributed by atoms with Crippen molar-refractivity contribution in [2.75, 3.05) is 18.5 Å². The molecule has 0 fully saturated rings. The van der Waals surface area contributed by atoms with E-state index in [4.69, 9.17) is 0 Å². The summed E-state index contributed by atoms with van der Waals surface area (Å²) in [6.45, 7) is 4.92. The minimum Gasteiger partial charge on any atom is -0.372 e. The Balaban J connectivity index is 3.87. The van der Waals surface area contributed by atoms with E-state index in [1.54, 1.807) is 0 Å². The van der Waals surface area contributed by atoms with E-state index in [-0.39, 0.29) is 17.9 Å². The second kappa shape index (κ2) is 5.35. The second-order valence-electron chi connectivity index (χ2n) is 4.35. The maximum atomic E-state index is 11.8. The lowest BCUT2D eigenvalue weighted by Crippen LogP contribution is -2.29. The van der Waals surface area contributed by atoms with Crippen molar-refractivity contribution in [2.24, 2.45) is 11.3 Å². The fourth-order valence-corrected chi connectivity index (χ4v) is 2.00. The Morgan fingerprint density at radius 1 is 1.21 bits per heavy atom. The van der Waals surface area contributed by atoms with Crippen LogP contribution in [0.1, 0.15) is 20.8 Å². The molecule has 0 aromatic heterocycles. The third-order valence-corrected chi connectivity index (χ3v) is 2.78. The Morgan fingerprint density at radius 2 is 1.71 bits per heavy atom. The van der Waals surface area contributed by atoms with E-state index in [0.717, 1.165) is 0 Å². The summed E-state index contributed by atoms with van der Waals surface area (Å²) in [5.41, 5.74) is -0.0465. The van der Waals surface area contributed by atoms with Crippen LogP contribution in [0.5, 0.6) is 0 Å². The lowest BCUT2D eigenvalue weighted by atomic mass is 9.83. The van der Waals surface area contributed by atoms with E-state index >= 15 is 0 Å². The molecule has 0 spiro atoms. The summed E-state index contributed by atoms with van der Waals surface area (Å²) < 4.78 is 39.9. The van der Waals surface area contributed by atoms with E-state index in [2.05, 4.69) is 20.7 Å². The summed E-state index contributed by atoms with van der Waals surface area (Å²) in [5.74, 6) is 0.0878. The Kier molecular flexibility index (Phi) is 5.44. The molecule has 86 valence electrons. The maximum Gasteiger partial charge on any atom is 0.411 e. The Bertz CT molecular complexity index is 162. The third kappa shape index (κ3) is 6.65. The summed E-state index contributed by atoms with van der Waals surface area (Å²) in [5, 5.41) is 0.647. The van der Waals surface area contributed by atoms with Gasteiger partial charge in [0.05, 0.1) is 6.61 Å². The highest BCUT2D eigenvalue weighted by Crippen LogP contribution is 2.28. The van der Waals surface area contributed by atoms with E-state index in [9.17, 15) is 13.2 Å². The van der Waals surface area contributed by atoms with Crippen molar-refractivity contribution in [3.05, 3.63) is 0 Å². The number of alkyl halides is 4. The molecule has 0 N–H and O–H groups in total. The minimum atomic E-state index is -4.23. The molecule has 14 heavy (non-hydrogen) atoms. The van der Waals surface area contributed by atoms with Gasteiger partial charge in [0.25, 0.3) is 0 Å². The van der Waals surface area contributed by atoms with Crippen LogP contribution >= 0.6 is 15.9 Å². The summed E-state index contributed by atoms with van der Waals surface area (Å²) in [7, 11) is 0. The highest BCUT2D eigenvalue weighted by atomic mass is 79.9. The molecule has 0 aliphatic heterocycles. The van der Waals surface area contributed by atoms with Crippen molar-refractivity contribution < 1.29 is 17.9 Å². The minimum absolute atomic E-state index is 0.0465. The molecule has 0 aromatic rings. The molecule has 1 unspecified atom stereocenters. The van der Waals surface area contributed by atoms with Crippen LogP contribution in [0, 0.1) is 11.3 Å². The predicted molar refractivity (Wildman–Crippen MR) is 53.6 cm³/mol. The highest BCUT2D eigenvalue weighted by molar-refractivity contribution is 9.09. The van der Waals surface area contributed by atoms with Crippen LogP contribution in [0.3, 0.4) is 0 Å². The van der Waals surface area contributed by atoms with Gasteiger partial charge >= 0.3 is 6.18 Å². The second-order valence-corrected chi connectivity index (χ2v) is 5.00. The van der Waals surface area contributed by atoms with Gasteiger partial charge in [-0.15, -0.1) is 0 Å². The van der Waals surface area contributed by atoms with Crippen LogP contribution in [-0.2, 0) is 4.74 Å². The number of rotatable bonds is 4. The molecule has 0 rings (SSSR count). The van der Waals surface area contributed by atoms with E-state index in [1.165, 1.54) is 0 Å². The molecule has 1 nitrogen and oxygen atoms in total. The molecule has 0 aliphatic rings. The van der Waals surface area contributed by atoms with Crippen LogP contribution < -0.4 is 0 Å². The summed E-state index contributed by atoms with van der Waals surface area (Å²) in [6.07, 6.45) is -4.23. The quantitative estimate of drug-likeness (QED) is 0.713. The fraction of sp³-hybridized carbons (Fsp3) is 1.00. The average Bonchev–Trinajstić information content (AvgIpc) is 1.93. The summed E-state index contributed by atoms with van der Waals surface area (Å²) >= 11 is 3.27. The van der Waals surface area contributed by atoms with Crippen LogP contribution in [0.15, 0.2) is 0 Å². The molecule has 0 aliphatic carbocycles. The maximum absolute atomic E-state index is 11.8. The number of ether oxygens (including phenoxy) is 1. The Morgan fingerprint density at radius 3 is 2.00 bits per heavy atom.